The van der Waals surface area contributed by atoms with Crippen molar-refractivity contribution in [2.75, 3.05) is 11.4 Å². The Balaban J connectivity index is 2.40. The molecule has 0 spiro atoms. The molecule has 0 saturated carbocycles. The van der Waals surface area contributed by atoms with E-state index in [-0.39, 0.29) is 0 Å². The van der Waals surface area contributed by atoms with Crippen LogP contribution < -0.4 is 4.90 Å². The predicted octanol–water partition coefficient (Wildman–Crippen LogP) is 3.24. The quantitative estimate of drug-likeness (QED) is 0.758. The number of aryl methyl sites for hydroxylation is 1. The van der Waals surface area contributed by atoms with E-state index < -0.39 is 0 Å². The molecule has 2 heterocycles. The van der Waals surface area contributed by atoms with Crippen molar-refractivity contribution in [1.82, 2.24) is 9.97 Å². The largest absolute Gasteiger partial charge is 0.353 e. The molecule has 0 amide bonds. The molecule has 17 heavy (non-hydrogen) atoms. The van der Waals surface area contributed by atoms with Crippen molar-refractivity contribution in [3.05, 3.63) is 16.5 Å². The van der Waals surface area contributed by atoms with Crippen LogP contribution >= 0.6 is 11.6 Å². The second-order valence-electron chi connectivity index (χ2n) is 5.08. The molecular formula is C13H20ClN3. The molecule has 0 radical (unpaired) electrons. The molecule has 2 rings (SSSR count). The lowest BCUT2D eigenvalue weighted by atomic mass is 10.1. The molecule has 94 valence electrons. The summed E-state index contributed by atoms with van der Waals surface area (Å²) in [7, 11) is 0. The molecule has 0 aromatic carbocycles. The van der Waals surface area contributed by atoms with Gasteiger partial charge in [0.05, 0.1) is 0 Å². The van der Waals surface area contributed by atoms with Crippen molar-refractivity contribution in [2.45, 2.75) is 46.6 Å². The SMILES string of the molecule is CCc1nc(Cl)c(C)c(N2CC(C)CC2C)n1. The topological polar surface area (TPSA) is 29.0 Å². The number of rotatable bonds is 2. The highest BCUT2D eigenvalue weighted by Crippen LogP contribution is 2.31. The van der Waals surface area contributed by atoms with Gasteiger partial charge in [0.15, 0.2) is 0 Å². The van der Waals surface area contributed by atoms with Gasteiger partial charge >= 0.3 is 0 Å². The van der Waals surface area contributed by atoms with Crippen molar-refractivity contribution >= 4 is 17.4 Å². The van der Waals surface area contributed by atoms with Crippen molar-refractivity contribution in [1.29, 1.82) is 0 Å². The van der Waals surface area contributed by atoms with Crippen LogP contribution in [-0.4, -0.2) is 22.6 Å². The van der Waals surface area contributed by atoms with E-state index in [0.717, 1.165) is 36.1 Å². The van der Waals surface area contributed by atoms with E-state index in [9.17, 15) is 0 Å². The van der Waals surface area contributed by atoms with Crippen LogP contribution in [0.1, 0.15) is 38.6 Å². The van der Waals surface area contributed by atoms with Crippen LogP contribution in [0.3, 0.4) is 0 Å². The average molecular weight is 254 g/mol. The molecule has 1 saturated heterocycles. The number of hydrogen-bond acceptors (Lipinski definition) is 3. The molecule has 4 heteroatoms. The molecule has 2 atom stereocenters. The summed E-state index contributed by atoms with van der Waals surface area (Å²) in [4.78, 5) is 11.3. The van der Waals surface area contributed by atoms with Crippen LogP contribution in [0, 0.1) is 12.8 Å². The van der Waals surface area contributed by atoms with E-state index in [1.165, 1.54) is 6.42 Å². The van der Waals surface area contributed by atoms with Crippen LogP contribution in [0.2, 0.25) is 5.15 Å². The van der Waals surface area contributed by atoms with Crippen molar-refractivity contribution in [3.63, 3.8) is 0 Å². The monoisotopic (exact) mass is 253 g/mol. The minimum atomic E-state index is 0.541. The Morgan fingerprint density at radius 1 is 1.35 bits per heavy atom. The third-order valence-electron chi connectivity index (χ3n) is 3.48. The van der Waals surface area contributed by atoms with Gasteiger partial charge in [-0.25, -0.2) is 9.97 Å². The number of anilines is 1. The lowest BCUT2D eigenvalue weighted by Gasteiger charge is -2.25. The molecule has 0 bridgehead atoms. The van der Waals surface area contributed by atoms with Gasteiger partial charge in [-0.2, -0.15) is 0 Å². The Morgan fingerprint density at radius 3 is 2.59 bits per heavy atom. The Bertz CT molecular complexity index is 419. The zero-order chi connectivity index (χ0) is 12.6. The average Bonchev–Trinajstić information content (AvgIpc) is 2.61. The molecule has 2 unspecified atom stereocenters. The Kier molecular flexibility index (Phi) is 3.57. The van der Waals surface area contributed by atoms with E-state index in [2.05, 4.69) is 35.6 Å². The Morgan fingerprint density at radius 2 is 2.06 bits per heavy atom. The number of halogens is 1. The first-order valence-corrected chi connectivity index (χ1v) is 6.70. The van der Waals surface area contributed by atoms with Gasteiger partial charge in [0.2, 0.25) is 0 Å². The maximum absolute atomic E-state index is 6.18. The molecule has 0 aliphatic carbocycles. The molecule has 1 fully saturated rings. The Hall–Kier alpha value is -0.830. The second-order valence-corrected chi connectivity index (χ2v) is 5.43. The summed E-state index contributed by atoms with van der Waals surface area (Å²) in [6.45, 7) is 9.67. The van der Waals surface area contributed by atoms with Gasteiger partial charge in [0.25, 0.3) is 0 Å². The maximum atomic E-state index is 6.18. The number of hydrogen-bond donors (Lipinski definition) is 0. The highest BCUT2D eigenvalue weighted by Gasteiger charge is 2.29. The zero-order valence-electron chi connectivity index (χ0n) is 11.0. The predicted molar refractivity (Wildman–Crippen MR) is 71.7 cm³/mol. The standard InChI is InChI=1S/C13H20ClN3/c1-5-11-15-12(14)10(4)13(16-11)17-7-8(2)6-9(17)3/h8-9H,5-7H2,1-4H3. The molecule has 0 N–H and O–H groups in total. The molecule has 3 nitrogen and oxygen atoms in total. The highest BCUT2D eigenvalue weighted by atomic mass is 35.5. The first-order valence-electron chi connectivity index (χ1n) is 6.32. The van der Waals surface area contributed by atoms with Crippen molar-refractivity contribution < 1.29 is 0 Å². The first-order chi connectivity index (χ1) is 8.02. The fourth-order valence-electron chi connectivity index (χ4n) is 2.55. The van der Waals surface area contributed by atoms with Gasteiger partial charge in [0, 0.05) is 24.6 Å². The van der Waals surface area contributed by atoms with Crippen LogP contribution in [-0.2, 0) is 6.42 Å². The summed E-state index contributed by atoms with van der Waals surface area (Å²) in [6, 6.07) is 0.541. The maximum Gasteiger partial charge on any atom is 0.137 e. The summed E-state index contributed by atoms with van der Waals surface area (Å²) in [5.41, 5.74) is 1.00. The van der Waals surface area contributed by atoms with Gasteiger partial charge in [-0.15, -0.1) is 0 Å². The van der Waals surface area contributed by atoms with E-state index >= 15 is 0 Å². The van der Waals surface area contributed by atoms with Gasteiger partial charge in [-0.05, 0) is 26.2 Å². The molecular weight excluding hydrogens is 234 g/mol. The molecule has 1 aromatic rings. The van der Waals surface area contributed by atoms with Gasteiger partial charge in [0.1, 0.15) is 16.8 Å². The van der Waals surface area contributed by atoms with Crippen molar-refractivity contribution in [3.8, 4) is 0 Å². The van der Waals surface area contributed by atoms with E-state index in [0.29, 0.717) is 11.2 Å². The van der Waals surface area contributed by atoms with E-state index in [1.807, 2.05) is 6.92 Å². The zero-order valence-corrected chi connectivity index (χ0v) is 11.8. The van der Waals surface area contributed by atoms with Crippen LogP contribution in [0.25, 0.3) is 0 Å². The van der Waals surface area contributed by atoms with E-state index in [4.69, 9.17) is 11.6 Å². The lowest BCUT2D eigenvalue weighted by Crippen LogP contribution is -2.29. The van der Waals surface area contributed by atoms with Crippen LogP contribution in [0.5, 0.6) is 0 Å². The fourth-order valence-corrected chi connectivity index (χ4v) is 2.74. The minimum absolute atomic E-state index is 0.541. The van der Waals surface area contributed by atoms with Crippen LogP contribution in [0.4, 0.5) is 5.82 Å². The van der Waals surface area contributed by atoms with Gasteiger partial charge in [-0.3, -0.25) is 0 Å². The third-order valence-corrected chi connectivity index (χ3v) is 3.85. The highest BCUT2D eigenvalue weighted by molar-refractivity contribution is 6.30. The third kappa shape index (κ3) is 2.39. The summed E-state index contributed by atoms with van der Waals surface area (Å²) >= 11 is 6.18. The summed E-state index contributed by atoms with van der Waals surface area (Å²) in [5.74, 6) is 2.59. The van der Waals surface area contributed by atoms with Crippen LogP contribution in [0.15, 0.2) is 0 Å². The van der Waals surface area contributed by atoms with Crippen molar-refractivity contribution in [2.24, 2.45) is 5.92 Å². The molecule has 1 aliphatic heterocycles. The number of aromatic nitrogens is 2. The smallest absolute Gasteiger partial charge is 0.137 e. The first kappa shape index (κ1) is 12.6. The lowest BCUT2D eigenvalue weighted by molar-refractivity contribution is 0.625. The van der Waals surface area contributed by atoms with E-state index in [1.54, 1.807) is 0 Å². The summed E-state index contributed by atoms with van der Waals surface area (Å²) < 4.78 is 0. The summed E-state index contributed by atoms with van der Waals surface area (Å²) in [6.07, 6.45) is 2.05. The molecule has 1 aliphatic rings. The molecule has 1 aromatic heterocycles. The van der Waals surface area contributed by atoms with Gasteiger partial charge < -0.3 is 4.90 Å². The normalized spacial score (nSPS) is 24.4. The summed E-state index contributed by atoms with van der Waals surface area (Å²) in [5, 5.41) is 0.596. The second kappa shape index (κ2) is 4.81. The Labute approximate surface area is 108 Å². The van der Waals surface area contributed by atoms with Gasteiger partial charge in [-0.1, -0.05) is 25.4 Å². The number of nitrogens with zero attached hydrogens (tertiary/aromatic N) is 3. The fraction of sp³-hybridized carbons (Fsp3) is 0.692. The minimum Gasteiger partial charge on any atom is -0.353 e.